The summed E-state index contributed by atoms with van der Waals surface area (Å²) < 4.78 is 13.9. The van der Waals surface area contributed by atoms with Crippen molar-refractivity contribution in [3.63, 3.8) is 0 Å². The van der Waals surface area contributed by atoms with Gasteiger partial charge in [-0.2, -0.15) is 0 Å². The minimum Gasteiger partial charge on any atom is -0.366 e. The highest BCUT2D eigenvalue weighted by molar-refractivity contribution is 9.08. The van der Waals surface area contributed by atoms with Gasteiger partial charge in [-0.25, -0.2) is 4.39 Å². The van der Waals surface area contributed by atoms with Crippen molar-refractivity contribution in [2.75, 3.05) is 11.4 Å². The van der Waals surface area contributed by atoms with Crippen molar-refractivity contribution >= 4 is 21.6 Å². The van der Waals surface area contributed by atoms with Crippen LogP contribution >= 0.6 is 15.9 Å². The number of nitrogens with zero attached hydrogens (tertiary/aromatic N) is 1. The Kier molecular flexibility index (Phi) is 3.53. The van der Waals surface area contributed by atoms with Crippen LogP contribution in [0.2, 0.25) is 0 Å². The van der Waals surface area contributed by atoms with E-state index in [-0.39, 0.29) is 5.82 Å². The molecule has 0 aromatic heterocycles. The quantitative estimate of drug-likeness (QED) is 0.744. The SMILES string of the molecule is CC1CC(C)N(c2c(F)cccc2CBr)C1. The van der Waals surface area contributed by atoms with Gasteiger partial charge in [0.25, 0.3) is 0 Å². The third-order valence-corrected chi connectivity index (χ3v) is 3.89. The van der Waals surface area contributed by atoms with Crippen LogP contribution in [0.3, 0.4) is 0 Å². The first-order valence-electron chi connectivity index (χ1n) is 5.73. The smallest absolute Gasteiger partial charge is 0.146 e. The number of benzene rings is 1. The predicted octanol–water partition coefficient (Wildman–Crippen LogP) is 3.96. The molecule has 88 valence electrons. The van der Waals surface area contributed by atoms with Crippen LogP contribution in [0.1, 0.15) is 25.8 Å². The Morgan fingerprint density at radius 1 is 1.44 bits per heavy atom. The van der Waals surface area contributed by atoms with E-state index in [2.05, 4.69) is 34.7 Å². The summed E-state index contributed by atoms with van der Waals surface area (Å²) in [7, 11) is 0. The van der Waals surface area contributed by atoms with Crippen molar-refractivity contribution in [2.24, 2.45) is 5.92 Å². The molecule has 0 spiro atoms. The third kappa shape index (κ3) is 2.10. The molecule has 2 atom stereocenters. The molecule has 3 heteroatoms. The van der Waals surface area contributed by atoms with E-state index in [9.17, 15) is 4.39 Å². The second-order valence-electron chi connectivity index (χ2n) is 4.72. The third-order valence-electron chi connectivity index (χ3n) is 3.29. The molecule has 1 aromatic rings. The van der Waals surface area contributed by atoms with Crippen molar-refractivity contribution in [3.8, 4) is 0 Å². The van der Waals surface area contributed by atoms with Gasteiger partial charge in [-0.05, 0) is 30.9 Å². The Balaban J connectivity index is 2.39. The van der Waals surface area contributed by atoms with Gasteiger partial charge in [-0.3, -0.25) is 0 Å². The topological polar surface area (TPSA) is 3.24 Å². The van der Waals surface area contributed by atoms with Gasteiger partial charge in [0.1, 0.15) is 5.82 Å². The van der Waals surface area contributed by atoms with E-state index in [4.69, 9.17) is 0 Å². The number of anilines is 1. The lowest BCUT2D eigenvalue weighted by atomic mass is 10.1. The highest BCUT2D eigenvalue weighted by Crippen LogP contribution is 2.34. The van der Waals surface area contributed by atoms with Crippen molar-refractivity contribution < 1.29 is 4.39 Å². The predicted molar refractivity (Wildman–Crippen MR) is 69.6 cm³/mol. The van der Waals surface area contributed by atoms with Crippen LogP contribution in [0.4, 0.5) is 10.1 Å². The Morgan fingerprint density at radius 3 is 2.75 bits per heavy atom. The number of alkyl halides is 1. The molecule has 2 rings (SSSR count). The van der Waals surface area contributed by atoms with E-state index < -0.39 is 0 Å². The summed E-state index contributed by atoms with van der Waals surface area (Å²) in [4.78, 5) is 2.20. The van der Waals surface area contributed by atoms with Gasteiger partial charge in [0.2, 0.25) is 0 Å². The number of hydrogen-bond acceptors (Lipinski definition) is 1. The average Bonchev–Trinajstić information content (AvgIpc) is 2.57. The van der Waals surface area contributed by atoms with Crippen LogP contribution in [-0.2, 0) is 5.33 Å². The minimum absolute atomic E-state index is 0.0992. The van der Waals surface area contributed by atoms with Crippen LogP contribution in [0, 0.1) is 11.7 Å². The molecule has 16 heavy (non-hydrogen) atoms. The van der Waals surface area contributed by atoms with Crippen LogP contribution in [0.15, 0.2) is 18.2 Å². The first-order valence-corrected chi connectivity index (χ1v) is 6.85. The largest absolute Gasteiger partial charge is 0.366 e. The Hall–Kier alpha value is -0.570. The fourth-order valence-electron chi connectivity index (χ4n) is 2.60. The van der Waals surface area contributed by atoms with Gasteiger partial charge >= 0.3 is 0 Å². The first-order chi connectivity index (χ1) is 7.63. The maximum Gasteiger partial charge on any atom is 0.146 e. The second-order valence-corrected chi connectivity index (χ2v) is 5.28. The second kappa shape index (κ2) is 4.74. The lowest BCUT2D eigenvalue weighted by Crippen LogP contribution is -2.28. The molecule has 1 aliphatic heterocycles. The van der Waals surface area contributed by atoms with Crippen molar-refractivity contribution in [1.29, 1.82) is 0 Å². The summed E-state index contributed by atoms with van der Waals surface area (Å²) in [6.45, 7) is 5.36. The maximum atomic E-state index is 13.9. The monoisotopic (exact) mass is 285 g/mol. The molecule has 0 bridgehead atoms. The summed E-state index contributed by atoms with van der Waals surface area (Å²) >= 11 is 3.43. The van der Waals surface area contributed by atoms with Gasteiger partial charge in [-0.1, -0.05) is 35.0 Å². The maximum absolute atomic E-state index is 13.9. The molecular formula is C13H17BrFN. The van der Waals surface area contributed by atoms with Crippen molar-refractivity contribution in [3.05, 3.63) is 29.6 Å². The Morgan fingerprint density at radius 2 is 2.19 bits per heavy atom. The van der Waals surface area contributed by atoms with E-state index in [0.717, 1.165) is 24.2 Å². The molecule has 2 unspecified atom stereocenters. The molecule has 0 aliphatic carbocycles. The van der Waals surface area contributed by atoms with Gasteiger partial charge in [-0.15, -0.1) is 0 Å². The summed E-state index contributed by atoms with van der Waals surface area (Å²) in [5.74, 6) is 0.552. The molecule has 1 aliphatic rings. The molecule has 1 saturated heterocycles. The number of hydrogen-bond donors (Lipinski definition) is 0. The van der Waals surface area contributed by atoms with Crippen molar-refractivity contribution in [2.45, 2.75) is 31.6 Å². The zero-order chi connectivity index (χ0) is 11.7. The summed E-state index contributed by atoms with van der Waals surface area (Å²) in [6.07, 6.45) is 1.15. The molecular weight excluding hydrogens is 269 g/mol. The molecule has 1 nitrogen and oxygen atoms in total. The van der Waals surface area contributed by atoms with Gasteiger partial charge < -0.3 is 4.90 Å². The van der Waals surface area contributed by atoms with Crippen molar-refractivity contribution in [1.82, 2.24) is 0 Å². The molecule has 0 amide bonds. The van der Waals surface area contributed by atoms with E-state index in [1.807, 2.05) is 6.07 Å². The molecule has 1 heterocycles. The van der Waals surface area contributed by atoms with Gasteiger partial charge in [0.15, 0.2) is 0 Å². The minimum atomic E-state index is -0.0992. The standard InChI is InChI=1S/C13H17BrFN/c1-9-6-10(2)16(8-9)13-11(7-14)4-3-5-12(13)15/h3-5,9-10H,6-8H2,1-2H3. The Bertz CT molecular complexity index is 380. The molecule has 1 fully saturated rings. The Labute approximate surface area is 105 Å². The summed E-state index contributed by atoms with van der Waals surface area (Å²) in [5.41, 5.74) is 1.83. The van der Waals surface area contributed by atoms with E-state index in [1.54, 1.807) is 12.1 Å². The van der Waals surface area contributed by atoms with E-state index in [1.165, 1.54) is 0 Å². The lowest BCUT2D eigenvalue weighted by Gasteiger charge is -2.26. The summed E-state index contributed by atoms with van der Waals surface area (Å²) in [6, 6.07) is 5.75. The van der Waals surface area contributed by atoms with Crippen LogP contribution < -0.4 is 4.90 Å². The molecule has 1 aromatic carbocycles. The number of halogens is 2. The zero-order valence-electron chi connectivity index (χ0n) is 9.71. The average molecular weight is 286 g/mol. The van der Waals surface area contributed by atoms with E-state index >= 15 is 0 Å². The number of rotatable bonds is 2. The fraction of sp³-hybridized carbons (Fsp3) is 0.538. The summed E-state index contributed by atoms with van der Waals surface area (Å²) in [5, 5.41) is 0.706. The highest BCUT2D eigenvalue weighted by atomic mass is 79.9. The zero-order valence-corrected chi connectivity index (χ0v) is 11.3. The first kappa shape index (κ1) is 11.9. The van der Waals surface area contributed by atoms with Crippen LogP contribution in [0.25, 0.3) is 0 Å². The normalized spacial score (nSPS) is 25.1. The molecule has 0 radical (unpaired) electrons. The number of para-hydroxylation sites is 1. The van der Waals surface area contributed by atoms with Gasteiger partial charge in [0.05, 0.1) is 5.69 Å². The van der Waals surface area contributed by atoms with Crippen LogP contribution in [0.5, 0.6) is 0 Å². The lowest BCUT2D eigenvalue weighted by molar-refractivity contribution is 0.610. The van der Waals surface area contributed by atoms with Gasteiger partial charge in [0, 0.05) is 17.9 Å². The van der Waals surface area contributed by atoms with Crippen LogP contribution in [-0.4, -0.2) is 12.6 Å². The highest BCUT2D eigenvalue weighted by Gasteiger charge is 2.29. The molecule has 0 N–H and O–H groups in total. The van der Waals surface area contributed by atoms with E-state index in [0.29, 0.717) is 17.3 Å². The fourth-order valence-corrected chi connectivity index (χ4v) is 3.05. The molecule has 0 saturated carbocycles.